The van der Waals surface area contributed by atoms with Crippen LogP contribution < -0.4 is 10.1 Å². The summed E-state index contributed by atoms with van der Waals surface area (Å²) in [7, 11) is 1.86. The minimum atomic E-state index is 0.546. The van der Waals surface area contributed by atoms with Crippen LogP contribution in [0.5, 0.6) is 5.75 Å². The third kappa shape index (κ3) is 3.23. The molecule has 0 saturated carbocycles. The Bertz CT molecular complexity index is 494. The lowest BCUT2D eigenvalue weighted by molar-refractivity contribution is 0.305. The van der Waals surface area contributed by atoms with E-state index in [1.807, 2.05) is 37.5 Å². The highest BCUT2D eigenvalue weighted by molar-refractivity contribution is 5.34. The van der Waals surface area contributed by atoms with E-state index in [9.17, 15) is 0 Å². The average Bonchev–Trinajstić information content (AvgIpc) is 2.46. The largest absolute Gasteiger partial charge is 0.489 e. The zero-order valence-electron chi connectivity index (χ0n) is 10.8. The van der Waals surface area contributed by atoms with Gasteiger partial charge in [-0.25, -0.2) is 4.98 Å². The van der Waals surface area contributed by atoms with Crippen molar-refractivity contribution in [2.24, 2.45) is 0 Å². The maximum absolute atomic E-state index is 5.75. The van der Waals surface area contributed by atoms with E-state index < -0.39 is 0 Å². The highest BCUT2D eigenvalue weighted by Crippen LogP contribution is 2.15. The van der Waals surface area contributed by atoms with Crippen LogP contribution in [0.15, 0.2) is 42.6 Å². The topological polar surface area (TPSA) is 34.1 Å². The summed E-state index contributed by atoms with van der Waals surface area (Å²) >= 11 is 0. The summed E-state index contributed by atoms with van der Waals surface area (Å²) < 4.78 is 5.75. The number of anilines is 1. The highest BCUT2D eigenvalue weighted by Gasteiger charge is 1.98. The number of nitrogens with one attached hydrogen (secondary N) is 1. The van der Waals surface area contributed by atoms with Crippen LogP contribution in [-0.2, 0) is 13.0 Å². The minimum absolute atomic E-state index is 0.546. The van der Waals surface area contributed by atoms with Gasteiger partial charge < -0.3 is 10.1 Å². The minimum Gasteiger partial charge on any atom is -0.489 e. The molecule has 18 heavy (non-hydrogen) atoms. The maximum atomic E-state index is 5.75. The predicted molar refractivity (Wildman–Crippen MR) is 73.9 cm³/mol. The molecule has 0 radical (unpaired) electrons. The fourth-order valence-corrected chi connectivity index (χ4v) is 1.68. The molecule has 2 aromatic rings. The molecule has 0 amide bonds. The van der Waals surface area contributed by atoms with Gasteiger partial charge in [-0.3, -0.25) is 0 Å². The third-order valence-electron chi connectivity index (χ3n) is 2.79. The molecule has 1 heterocycles. The normalized spacial score (nSPS) is 10.1. The first kappa shape index (κ1) is 12.4. The molecule has 1 N–H and O–H groups in total. The number of ether oxygens (including phenoxy) is 1. The summed E-state index contributed by atoms with van der Waals surface area (Å²) in [6.45, 7) is 2.68. The molecule has 3 heteroatoms. The quantitative estimate of drug-likeness (QED) is 0.873. The van der Waals surface area contributed by atoms with Gasteiger partial charge in [0.25, 0.3) is 0 Å². The predicted octanol–water partition coefficient (Wildman–Crippen LogP) is 3.26. The van der Waals surface area contributed by atoms with E-state index in [4.69, 9.17) is 4.74 Å². The number of aromatic nitrogens is 1. The van der Waals surface area contributed by atoms with Crippen LogP contribution in [0, 0.1) is 0 Å². The molecular weight excluding hydrogens is 224 g/mol. The lowest BCUT2D eigenvalue weighted by Gasteiger charge is -2.07. The Morgan fingerprint density at radius 3 is 2.72 bits per heavy atom. The number of pyridine rings is 1. The molecule has 0 spiro atoms. The standard InChI is InChI=1S/C15H18N2O/c1-3-12-5-4-6-14(9-12)18-11-13-7-8-15(16-2)17-10-13/h4-10H,3,11H2,1-2H3,(H,16,17). The lowest BCUT2D eigenvalue weighted by atomic mass is 10.2. The van der Waals surface area contributed by atoms with Crippen molar-refractivity contribution in [3.05, 3.63) is 53.7 Å². The van der Waals surface area contributed by atoms with Crippen LogP contribution in [0.4, 0.5) is 5.82 Å². The molecule has 0 bridgehead atoms. The van der Waals surface area contributed by atoms with Crippen molar-refractivity contribution in [3.63, 3.8) is 0 Å². The van der Waals surface area contributed by atoms with Gasteiger partial charge in [0.05, 0.1) is 0 Å². The van der Waals surface area contributed by atoms with Crippen LogP contribution in [0.1, 0.15) is 18.1 Å². The Morgan fingerprint density at radius 2 is 2.06 bits per heavy atom. The van der Waals surface area contributed by atoms with Crippen molar-refractivity contribution in [2.75, 3.05) is 12.4 Å². The molecule has 0 fully saturated rings. The summed E-state index contributed by atoms with van der Waals surface area (Å²) in [5, 5.41) is 2.99. The first-order chi connectivity index (χ1) is 8.81. The zero-order valence-corrected chi connectivity index (χ0v) is 10.8. The summed E-state index contributed by atoms with van der Waals surface area (Å²) in [4.78, 5) is 4.25. The van der Waals surface area contributed by atoms with E-state index in [2.05, 4.69) is 29.4 Å². The van der Waals surface area contributed by atoms with Crippen molar-refractivity contribution in [2.45, 2.75) is 20.0 Å². The Labute approximate surface area is 108 Å². The molecule has 1 aromatic carbocycles. The van der Waals surface area contributed by atoms with Gasteiger partial charge in [-0.15, -0.1) is 0 Å². The Kier molecular flexibility index (Phi) is 4.18. The Balaban J connectivity index is 1.97. The van der Waals surface area contributed by atoms with Crippen molar-refractivity contribution in [1.29, 1.82) is 0 Å². The molecule has 2 rings (SSSR count). The van der Waals surface area contributed by atoms with Crippen LogP contribution in [0.25, 0.3) is 0 Å². The average molecular weight is 242 g/mol. The highest BCUT2D eigenvalue weighted by atomic mass is 16.5. The van der Waals surface area contributed by atoms with Gasteiger partial charge in [-0.2, -0.15) is 0 Å². The second kappa shape index (κ2) is 6.05. The van der Waals surface area contributed by atoms with Crippen molar-refractivity contribution < 1.29 is 4.74 Å². The van der Waals surface area contributed by atoms with E-state index in [1.54, 1.807) is 0 Å². The van der Waals surface area contributed by atoms with E-state index in [0.29, 0.717) is 6.61 Å². The second-order valence-electron chi connectivity index (χ2n) is 4.09. The molecule has 94 valence electrons. The number of rotatable bonds is 5. The lowest BCUT2D eigenvalue weighted by Crippen LogP contribution is -1.98. The molecule has 3 nitrogen and oxygen atoms in total. The van der Waals surface area contributed by atoms with Gasteiger partial charge in [0.2, 0.25) is 0 Å². The SMILES string of the molecule is CCc1cccc(OCc2ccc(NC)nc2)c1. The number of aryl methyl sites for hydroxylation is 1. The summed E-state index contributed by atoms with van der Waals surface area (Å²) in [5.41, 5.74) is 2.35. The van der Waals surface area contributed by atoms with Gasteiger partial charge >= 0.3 is 0 Å². The fourth-order valence-electron chi connectivity index (χ4n) is 1.68. The monoisotopic (exact) mass is 242 g/mol. The molecule has 0 aliphatic rings. The third-order valence-corrected chi connectivity index (χ3v) is 2.79. The van der Waals surface area contributed by atoms with Gasteiger partial charge in [-0.1, -0.05) is 25.1 Å². The van der Waals surface area contributed by atoms with Crippen LogP contribution in [0.3, 0.4) is 0 Å². The van der Waals surface area contributed by atoms with E-state index in [0.717, 1.165) is 23.6 Å². The molecule has 0 atom stereocenters. The van der Waals surface area contributed by atoms with E-state index in [-0.39, 0.29) is 0 Å². The summed E-state index contributed by atoms with van der Waals surface area (Å²) in [6.07, 6.45) is 2.85. The van der Waals surface area contributed by atoms with E-state index >= 15 is 0 Å². The molecule has 1 aromatic heterocycles. The fraction of sp³-hybridized carbons (Fsp3) is 0.267. The molecular formula is C15H18N2O. The van der Waals surface area contributed by atoms with Gasteiger partial charge in [0.15, 0.2) is 0 Å². The summed E-state index contributed by atoms with van der Waals surface area (Å²) in [6, 6.07) is 12.2. The van der Waals surface area contributed by atoms with Crippen molar-refractivity contribution in [3.8, 4) is 5.75 Å². The van der Waals surface area contributed by atoms with Crippen molar-refractivity contribution >= 4 is 5.82 Å². The number of hydrogen-bond donors (Lipinski definition) is 1. The number of nitrogens with zero attached hydrogens (tertiary/aromatic N) is 1. The van der Waals surface area contributed by atoms with Crippen LogP contribution >= 0.6 is 0 Å². The van der Waals surface area contributed by atoms with Gasteiger partial charge in [-0.05, 0) is 30.2 Å². The van der Waals surface area contributed by atoms with Gasteiger partial charge in [0.1, 0.15) is 18.2 Å². The van der Waals surface area contributed by atoms with Gasteiger partial charge in [0, 0.05) is 18.8 Å². The first-order valence-electron chi connectivity index (χ1n) is 6.16. The summed E-state index contributed by atoms with van der Waals surface area (Å²) in [5.74, 6) is 1.78. The molecule has 0 unspecified atom stereocenters. The van der Waals surface area contributed by atoms with E-state index in [1.165, 1.54) is 5.56 Å². The van der Waals surface area contributed by atoms with Crippen LogP contribution in [-0.4, -0.2) is 12.0 Å². The molecule has 0 aliphatic carbocycles. The number of hydrogen-bond acceptors (Lipinski definition) is 3. The zero-order chi connectivity index (χ0) is 12.8. The number of benzene rings is 1. The maximum Gasteiger partial charge on any atom is 0.125 e. The Morgan fingerprint density at radius 1 is 1.17 bits per heavy atom. The Hall–Kier alpha value is -2.03. The second-order valence-corrected chi connectivity index (χ2v) is 4.09. The molecule has 0 aliphatic heterocycles. The smallest absolute Gasteiger partial charge is 0.125 e. The van der Waals surface area contributed by atoms with Crippen LogP contribution in [0.2, 0.25) is 0 Å². The molecule has 0 saturated heterocycles. The first-order valence-corrected chi connectivity index (χ1v) is 6.16. The van der Waals surface area contributed by atoms with Crippen molar-refractivity contribution in [1.82, 2.24) is 4.98 Å².